The zero-order valence-electron chi connectivity index (χ0n) is 11.3. The fourth-order valence-corrected chi connectivity index (χ4v) is 2.78. The molecule has 0 radical (unpaired) electrons. The molecule has 1 aromatic carbocycles. The van der Waals surface area contributed by atoms with Crippen LogP contribution in [-0.2, 0) is 5.41 Å². The maximum absolute atomic E-state index is 13.3. The van der Waals surface area contributed by atoms with Crippen molar-refractivity contribution >= 4 is 0 Å². The molecule has 0 amide bonds. The highest BCUT2D eigenvalue weighted by Crippen LogP contribution is 2.45. The second-order valence-electron chi connectivity index (χ2n) is 5.30. The van der Waals surface area contributed by atoms with E-state index in [1.807, 2.05) is 31.2 Å². The Hall–Kier alpha value is -1.16. The van der Waals surface area contributed by atoms with Crippen LogP contribution in [0, 0.1) is 0 Å². The number of nitrogens with two attached hydrogens (primary N) is 1. The molecule has 0 unspecified atom stereocenters. The van der Waals surface area contributed by atoms with Crippen LogP contribution in [0.2, 0.25) is 0 Å². The molecule has 0 aliphatic heterocycles. The van der Waals surface area contributed by atoms with Gasteiger partial charge in [-0.05, 0) is 37.5 Å². The number of halogens is 2. The number of benzene rings is 1. The van der Waals surface area contributed by atoms with Crippen molar-refractivity contribution in [3.63, 3.8) is 0 Å². The Balaban J connectivity index is 2.17. The first kappa shape index (κ1) is 14.3. The lowest BCUT2D eigenvalue weighted by Gasteiger charge is -2.39. The van der Waals surface area contributed by atoms with Crippen molar-refractivity contribution in [3.05, 3.63) is 29.8 Å². The lowest BCUT2D eigenvalue weighted by atomic mass is 9.68. The molecule has 0 bridgehead atoms. The predicted molar refractivity (Wildman–Crippen MR) is 71.8 cm³/mol. The second-order valence-corrected chi connectivity index (χ2v) is 5.30. The normalized spacial score (nSPS) is 21.1. The Morgan fingerprint density at radius 1 is 1.11 bits per heavy atom. The number of ether oxygens (including phenoxy) is 1. The SMILES string of the molecule is CCOc1ccc(C2(CN)CCC(F)(F)CC2)cc1. The molecule has 2 rings (SSSR count). The van der Waals surface area contributed by atoms with Crippen LogP contribution in [0.25, 0.3) is 0 Å². The summed E-state index contributed by atoms with van der Waals surface area (Å²) < 4.78 is 32.0. The van der Waals surface area contributed by atoms with E-state index in [2.05, 4.69) is 0 Å². The van der Waals surface area contributed by atoms with E-state index in [4.69, 9.17) is 10.5 Å². The molecule has 1 aromatic rings. The first-order valence-electron chi connectivity index (χ1n) is 6.83. The second kappa shape index (κ2) is 5.45. The van der Waals surface area contributed by atoms with E-state index in [-0.39, 0.29) is 18.3 Å². The Bertz CT molecular complexity index is 407. The van der Waals surface area contributed by atoms with E-state index in [0.717, 1.165) is 11.3 Å². The Kier molecular flexibility index (Phi) is 4.09. The smallest absolute Gasteiger partial charge is 0.248 e. The summed E-state index contributed by atoms with van der Waals surface area (Å²) in [5, 5.41) is 0. The Morgan fingerprint density at radius 2 is 1.68 bits per heavy atom. The summed E-state index contributed by atoms with van der Waals surface area (Å²) in [6, 6.07) is 7.70. The summed E-state index contributed by atoms with van der Waals surface area (Å²) in [6.45, 7) is 2.96. The maximum atomic E-state index is 13.3. The molecule has 0 spiro atoms. The van der Waals surface area contributed by atoms with E-state index in [9.17, 15) is 8.78 Å². The van der Waals surface area contributed by atoms with Crippen molar-refractivity contribution in [2.24, 2.45) is 5.73 Å². The van der Waals surface area contributed by atoms with Crippen molar-refractivity contribution in [2.75, 3.05) is 13.2 Å². The number of hydrogen-bond donors (Lipinski definition) is 1. The van der Waals surface area contributed by atoms with E-state index in [1.165, 1.54) is 0 Å². The molecule has 1 fully saturated rings. The topological polar surface area (TPSA) is 35.2 Å². The van der Waals surface area contributed by atoms with Crippen molar-refractivity contribution in [2.45, 2.75) is 43.9 Å². The minimum absolute atomic E-state index is 0.0720. The van der Waals surface area contributed by atoms with Crippen molar-refractivity contribution < 1.29 is 13.5 Å². The first-order chi connectivity index (χ1) is 9.01. The summed E-state index contributed by atoms with van der Waals surface area (Å²) in [5.41, 5.74) is 6.63. The molecule has 0 saturated heterocycles. The van der Waals surface area contributed by atoms with Crippen LogP contribution < -0.4 is 10.5 Å². The zero-order chi connectivity index (χ0) is 13.9. The van der Waals surface area contributed by atoms with E-state index in [0.29, 0.717) is 26.0 Å². The van der Waals surface area contributed by atoms with Gasteiger partial charge in [-0.15, -0.1) is 0 Å². The third-order valence-corrected chi connectivity index (χ3v) is 4.11. The number of rotatable bonds is 4. The molecule has 2 N–H and O–H groups in total. The lowest BCUT2D eigenvalue weighted by molar-refractivity contribution is -0.0509. The van der Waals surface area contributed by atoms with Crippen molar-refractivity contribution in [1.82, 2.24) is 0 Å². The van der Waals surface area contributed by atoms with Gasteiger partial charge in [0, 0.05) is 24.8 Å². The van der Waals surface area contributed by atoms with Gasteiger partial charge < -0.3 is 10.5 Å². The van der Waals surface area contributed by atoms with Gasteiger partial charge in [0.2, 0.25) is 5.92 Å². The summed E-state index contributed by atoms with van der Waals surface area (Å²) in [4.78, 5) is 0. The standard InChI is InChI=1S/C15H21F2NO/c1-2-19-13-5-3-12(4-6-13)14(11-18)7-9-15(16,17)10-8-14/h3-6H,2,7-11,18H2,1H3. The predicted octanol–water partition coefficient (Wildman–Crippen LogP) is 3.49. The van der Waals surface area contributed by atoms with Crippen LogP contribution in [0.5, 0.6) is 5.75 Å². The minimum atomic E-state index is -2.52. The summed E-state index contributed by atoms with van der Waals surface area (Å²) in [6.07, 6.45) is 0.754. The molecule has 2 nitrogen and oxygen atoms in total. The number of alkyl halides is 2. The van der Waals surface area contributed by atoms with E-state index in [1.54, 1.807) is 0 Å². The van der Waals surface area contributed by atoms with Gasteiger partial charge in [-0.2, -0.15) is 0 Å². The molecule has 0 aromatic heterocycles. The third-order valence-electron chi connectivity index (χ3n) is 4.11. The first-order valence-corrected chi connectivity index (χ1v) is 6.83. The zero-order valence-corrected chi connectivity index (χ0v) is 11.3. The summed E-state index contributed by atoms with van der Waals surface area (Å²) >= 11 is 0. The molecule has 1 aliphatic carbocycles. The molecule has 4 heteroatoms. The number of hydrogen-bond acceptors (Lipinski definition) is 2. The van der Waals surface area contributed by atoms with Gasteiger partial charge in [0.25, 0.3) is 0 Å². The highest BCUT2D eigenvalue weighted by atomic mass is 19.3. The van der Waals surface area contributed by atoms with E-state index >= 15 is 0 Å². The molecule has 0 heterocycles. The van der Waals surface area contributed by atoms with Crippen LogP contribution >= 0.6 is 0 Å². The van der Waals surface area contributed by atoms with Gasteiger partial charge in [-0.3, -0.25) is 0 Å². The van der Waals surface area contributed by atoms with Crippen LogP contribution in [0.15, 0.2) is 24.3 Å². The Labute approximate surface area is 112 Å². The third kappa shape index (κ3) is 3.06. The van der Waals surface area contributed by atoms with E-state index < -0.39 is 5.92 Å². The van der Waals surface area contributed by atoms with Crippen molar-refractivity contribution in [3.8, 4) is 5.75 Å². The summed E-state index contributed by atoms with van der Waals surface area (Å²) in [7, 11) is 0. The van der Waals surface area contributed by atoms with Crippen LogP contribution in [0.3, 0.4) is 0 Å². The monoisotopic (exact) mass is 269 g/mol. The quantitative estimate of drug-likeness (QED) is 0.908. The van der Waals surface area contributed by atoms with Crippen LogP contribution in [-0.4, -0.2) is 19.1 Å². The fraction of sp³-hybridized carbons (Fsp3) is 0.600. The molecule has 0 atom stereocenters. The highest BCUT2D eigenvalue weighted by Gasteiger charge is 2.43. The molecule has 19 heavy (non-hydrogen) atoms. The largest absolute Gasteiger partial charge is 0.494 e. The molecule has 106 valence electrons. The Morgan fingerprint density at radius 3 is 2.16 bits per heavy atom. The van der Waals surface area contributed by atoms with Crippen molar-refractivity contribution in [1.29, 1.82) is 0 Å². The average Bonchev–Trinajstić information content (AvgIpc) is 2.41. The van der Waals surface area contributed by atoms with Crippen LogP contribution in [0.1, 0.15) is 38.2 Å². The van der Waals surface area contributed by atoms with Gasteiger partial charge in [-0.25, -0.2) is 8.78 Å². The molecular weight excluding hydrogens is 248 g/mol. The minimum Gasteiger partial charge on any atom is -0.494 e. The van der Waals surface area contributed by atoms with Gasteiger partial charge in [0.1, 0.15) is 5.75 Å². The molecule has 1 saturated carbocycles. The maximum Gasteiger partial charge on any atom is 0.248 e. The average molecular weight is 269 g/mol. The van der Waals surface area contributed by atoms with Gasteiger partial charge in [-0.1, -0.05) is 12.1 Å². The molecule has 1 aliphatic rings. The van der Waals surface area contributed by atoms with Gasteiger partial charge >= 0.3 is 0 Å². The molecular formula is C15H21F2NO. The van der Waals surface area contributed by atoms with Crippen LogP contribution in [0.4, 0.5) is 8.78 Å². The van der Waals surface area contributed by atoms with Gasteiger partial charge in [0.05, 0.1) is 6.61 Å². The fourth-order valence-electron chi connectivity index (χ4n) is 2.78. The summed E-state index contributed by atoms with van der Waals surface area (Å²) in [5.74, 6) is -1.72. The lowest BCUT2D eigenvalue weighted by Crippen LogP contribution is -2.42. The van der Waals surface area contributed by atoms with Gasteiger partial charge in [0.15, 0.2) is 0 Å². The highest BCUT2D eigenvalue weighted by molar-refractivity contribution is 5.33.